The van der Waals surface area contributed by atoms with Gasteiger partial charge in [0, 0.05) is 25.9 Å². The maximum atomic E-state index is 10.1. The molecule has 0 aromatic carbocycles. The third-order valence-electron chi connectivity index (χ3n) is 3.78. The molecule has 1 aliphatic carbocycles. The minimum atomic E-state index is -0.128. The molecule has 2 rings (SSSR count). The lowest BCUT2D eigenvalue weighted by molar-refractivity contribution is 0.0769. The molecule has 0 spiro atoms. The number of aliphatic hydroxyl groups is 1. The van der Waals surface area contributed by atoms with E-state index in [1.54, 1.807) is 0 Å². The van der Waals surface area contributed by atoms with Crippen LogP contribution in [0.25, 0.3) is 0 Å². The standard InChI is InChI=1S/C13H22N2O/c1-15-10-9-14-13(15)8-7-12(16)11-5-3-2-4-6-11/h9-12,16H,2-8H2,1H3. The van der Waals surface area contributed by atoms with Crippen molar-refractivity contribution in [2.75, 3.05) is 0 Å². The Kier molecular flexibility index (Phi) is 3.99. The zero-order valence-corrected chi connectivity index (χ0v) is 10.1. The Morgan fingerprint density at radius 1 is 1.44 bits per heavy atom. The van der Waals surface area contributed by atoms with Crippen LogP contribution >= 0.6 is 0 Å². The number of hydrogen-bond donors (Lipinski definition) is 1. The summed E-state index contributed by atoms with van der Waals surface area (Å²) in [6.45, 7) is 0. The minimum absolute atomic E-state index is 0.128. The van der Waals surface area contributed by atoms with Crippen molar-refractivity contribution >= 4 is 0 Å². The summed E-state index contributed by atoms with van der Waals surface area (Å²) in [5.74, 6) is 1.61. The monoisotopic (exact) mass is 222 g/mol. The van der Waals surface area contributed by atoms with Crippen LogP contribution in [0, 0.1) is 5.92 Å². The predicted octanol–water partition coefficient (Wildman–Crippen LogP) is 2.29. The van der Waals surface area contributed by atoms with Gasteiger partial charge >= 0.3 is 0 Å². The smallest absolute Gasteiger partial charge is 0.108 e. The van der Waals surface area contributed by atoms with Gasteiger partial charge in [0.25, 0.3) is 0 Å². The molecule has 0 saturated heterocycles. The summed E-state index contributed by atoms with van der Waals surface area (Å²) >= 11 is 0. The summed E-state index contributed by atoms with van der Waals surface area (Å²) in [5.41, 5.74) is 0. The highest BCUT2D eigenvalue weighted by Crippen LogP contribution is 2.28. The lowest BCUT2D eigenvalue weighted by atomic mass is 9.84. The van der Waals surface area contributed by atoms with Gasteiger partial charge in [0.05, 0.1) is 6.10 Å². The van der Waals surface area contributed by atoms with Crippen LogP contribution in [0.3, 0.4) is 0 Å². The number of nitrogens with zero attached hydrogens (tertiary/aromatic N) is 2. The third kappa shape index (κ3) is 2.85. The third-order valence-corrected chi connectivity index (χ3v) is 3.78. The molecule has 1 unspecified atom stereocenters. The van der Waals surface area contributed by atoms with E-state index in [1.165, 1.54) is 32.1 Å². The maximum absolute atomic E-state index is 10.1. The molecular weight excluding hydrogens is 200 g/mol. The number of aryl methyl sites for hydroxylation is 2. The first-order valence-electron chi connectivity index (χ1n) is 6.41. The Balaban J connectivity index is 1.78. The van der Waals surface area contributed by atoms with Gasteiger partial charge in [0.15, 0.2) is 0 Å². The molecule has 16 heavy (non-hydrogen) atoms. The van der Waals surface area contributed by atoms with Crippen LogP contribution in [0.5, 0.6) is 0 Å². The Labute approximate surface area is 97.5 Å². The Morgan fingerprint density at radius 2 is 2.19 bits per heavy atom. The molecular formula is C13H22N2O. The molecule has 0 aliphatic heterocycles. The summed E-state index contributed by atoms with van der Waals surface area (Å²) < 4.78 is 2.04. The predicted molar refractivity (Wildman–Crippen MR) is 64.1 cm³/mol. The van der Waals surface area contributed by atoms with Crippen molar-refractivity contribution in [2.45, 2.75) is 51.0 Å². The van der Waals surface area contributed by atoms with E-state index in [9.17, 15) is 5.11 Å². The average Bonchev–Trinajstić information content (AvgIpc) is 2.73. The Bertz CT molecular complexity index is 315. The second-order valence-electron chi connectivity index (χ2n) is 4.96. The van der Waals surface area contributed by atoms with E-state index in [-0.39, 0.29) is 6.10 Å². The van der Waals surface area contributed by atoms with Gasteiger partial charge in [-0.05, 0) is 25.2 Å². The van der Waals surface area contributed by atoms with E-state index < -0.39 is 0 Å². The van der Waals surface area contributed by atoms with Crippen LogP contribution in [-0.2, 0) is 13.5 Å². The Morgan fingerprint density at radius 3 is 2.81 bits per heavy atom. The summed E-state index contributed by atoms with van der Waals surface area (Å²) in [7, 11) is 2.01. The SMILES string of the molecule is Cn1ccnc1CCC(O)C1CCCCC1. The van der Waals surface area contributed by atoms with Crippen LogP contribution in [0.4, 0.5) is 0 Å². The number of hydrogen-bond acceptors (Lipinski definition) is 2. The Hall–Kier alpha value is -0.830. The number of aromatic nitrogens is 2. The molecule has 1 N–H and O–H groups in total. The van der Waals surface area contributed by atoms with E-state index >= 15 is 0 Å². The molecule has 1 aromatic rings. The normalized spacial score (nSPS) is 19.9. The van der Waals surface area contributed by atoms with Crippen molar-refractivity contribution in [2.24, 2.45) is 13.0 Å². The van der Waals surface area contributed by atoms with Crippen molar-refractivity contribution in [1.29, 1.82) is 0 Å². The van der Waals surface area contributed by atoms with Gasteiger partial charge in [-0.15, -0.1) is 0 Å². The number of imidazole rings is 1. The molecule has 1 aromatic heterocycles. The highest BCUT2D eigenvalue weighted by molar-refractivity contribution is 4.92. The zero-order valence-electron chi connectivity index (χ0n) is 10.1. The quantitative estimate of drug-likeness (QED) is 0.849. The fourth-order valence-electron chi connectivity index (χ4n) is 2.67. The van der Waals surface area contributed by atoms with Crippen LogP contribution in [0.1, 0.15) is 44.3 Å². The van der Waals surface area contributed by atoms with Gasteiger partial charge in [-0.25, -0.2) is 4.98 Å². The van der Waals surface area contributed by atoms with Gasteiger partial charge in [0.2, 0.25) is 0 Å². The molecule has 1 atom stereocenters. The molecule has 90 valence electrons. The van der Waals surface area contributed by atoms with Gasteiger partial charge in [-0.2, -0.15) is 0 Å². The summed E-state index contributed by atoms with van der Waals surface area (Å²) in [4.78, 5) is 4.28. The molecule has 3 nitrogen and oxygen atoms in total. The van der Waals surface area contributed by atoms with Gasteiger partial charge in [-0.1, -0.05) is 19.3 Å². The molecule has 1 aliphatic rings. The summed E-state index contributed by atoms with van der Waals surface area (Å²) in [6, 6.07) is 0. The van der Waals surface area contributed by atoms with Crippen molar-refractivity contribution in [1.82, 2.24) is 9.55 Å². The van der Waals surface area contributed by atoms with Crippen LogP contribution in [-0.4, -0.2) is 20.8 Å². The van der Waals surface area contributed by atoms with Crippen molar-refractivity contribution in [3.63, 3.8) is 0 Å². The average molecular weight is 222 g/mol. The van der Waals surface area contributed by atoms with Crippen LogP contribution in [0.2, 0.25) is 0 Å². The molecule has 0 radical (unpaired) electrons. The van der Waals surface area contributed by atoms with E-state index in [4.69, 9.17) is 0 Å². The molecule has 1 fully saturated rings. The summed E-state index contributed by atoms with van der Waals surface area (Å²) in [5, 5.41) is 10.1. The molecule has 1 saturated carbocycles. The van der Waals surface area contributed by atoms with E-state index in [2.05, 4.69) is 4.98 Å². The minimum Gasteiger partial charge on any atom is -0.393 e. The van der Waals surface area contributed by atoms with Crippen molar-refractivity contribution in [3.8, 4) is 0 Å². The van der Waals surface area contributed by atoms with Crippen molar-refractivity contribution < 1.29 is 5.11 Å². The van der Waals surface area contributed by atoms with E-state index in [0.29, 0.717) is 5.92 Å². The topological polar surface area (TPSA) is 38.0 Å². The highest BCUT2D eigenvalue weighted by atomic mass is 16.3. The first kappa shape index (κ1) is 11.6. The second kappa shape index (κ2) is 5.48. The van der Waals surface area contributed by atoms with Gasteiger partial charge < -0.3 is 9.67 Å². The second-order valence-corrected chi connectivity index (χ2v) is 4.96. The van der Waals surface area contributed by atoms with Gasteiger partial charge in [0.1, 0.15) is 5.82 Å². The maximum Gasteiger partial charge on any atom is 0.108 e. The lowest BCUT2D eigenvalue weighted by Gasteiger charge is -2.26. The fourth-order valence-corrected chi connectivity index (χ4v) is 2.67. The van der Waals surface area contributed by atoms with Gasteiger partial charge in [-0.3, -0.25) is 0 Å². The first-order valence-corrected chi connectivity index (χ1v) is 6.41. The molecule has 0 bridgehead atoms. The summed E-state index contributed by atoms with van der Waals surface area (Å²) in [6.07, 6.45) is 11.8. The van der Waals surface area contributed by atoms with E-state index in [0.717, 1.165) is 18.7 Å². The highest BCUT2D eigenvalue weighted by Gasteiger charge is 2.21. The largest absolute Gasteiger partial charge is 0.393 e. The number of rotatable bonds is 4. The van der Waals surface area contributed by atoms with E-state index in [1.807, 2.05) is 24.0 Å². The zero-order chi connectivity index (χ0) is 11.4. The first-order chi connectivity index (χ1) is 7.77. The molecule has 3 heteroatoms. The fraction of sp³-hybridized carbons (Fsp3) is 0.769. The van der Waals surface area contributed by atoms with Crippen molar-refractivity contribution in [3.05, 3.63) is 18.2 Å². The molecule has 0 amide bonds. The molecule has 1 heterocycles. The lowest BCUT2D eigenvalue weighted by Crippen LogP contribution is -2.23. The van der Waals surface area contributed by atoms with Crippen LogP contribution < -0.4 is 0 Å². The number of aliphatic hydroxyl groups excluding tert-OH is 1. The van der Waals surface area contributed by atoms with Crippen LogP contribution in [0.15, 0.2) is 12.4 Å².